The Labute approximate surface area is 44.4 Å². The zero-order chi connectivity index (χ0) is 5.28. The minimum absolute atomic E-state index is 0.0150. The first-order valence-electron chi connectivity index (χ1n) is 2.80. The Morgan fingerprint density at radius 3 is 2.29 bits per heavy atom. The zero-order valence-electron chi connectivity index (χ0n) is 4.59. The van der Waals surface area contributed by atoms with Gasteiger partial charge in [0.25, 0.3) is 0 Å². The first-order valence-corrected chi connectivity index (χ1v) is 2.80. The van der Waals surface area contributed by atoms with Crippen LogP contribution in [0.15, 0.2) is 0 Å². The van der Waals surface area contributed by atoms with Crippen LogP contribution >= 0.6 is 0 Å². The standard InChI is InChI=1S/C6H11O/c1-2-5-3-6(7)4-5/h2,5-7H,3-4H2,1H3. The molecule has 0 saturated heterocycles. The molecule has 0 bridgehead atoms. The lowest BCUT2D eigenvalue weighted by Gasteiger charge is -2.29. The van der Waals surface area contributed by atoms with Crippen molar-refractivity contribution in [3.05, 3.63) is 6.42 Å². The summed E-state index contributed by atoms with van der Waals surface area (Å²) in [5, 5.41) is 8.73. The van der Waals surface area contributed by atoms with Gasteiger partial charge in [0.2, 0.25) is 0 Å². The molecule has 0 spiro atoms. The fourth-order valence-electron chi connectivity index (χ4n) is 0.902. The van der Waals surface area contributed by atoms with E-state index >= 15 is 0 Å². The van der Waals surface area contributed by atoms with Crippen LogP contribution in [0.2, 0.25) is 0 Å². The maximum Gasteiger partial charge on any atom is 0.0545 e. The smallest absolute Gasteiger partial charge is 0.0545 e. The van der Waals surface area contributed by atoms with Crippen molar-refractivity contribution >= 4 is 0 Å². The van der Waals surface area contributed by atoms with Crippen molar-refractivity contribution in [2.45, 2.75) is 25.9 Å². The van der Waals surface area contributed by atoms with Crippen molar-refractivity contribution in [2.24, 2.45) is 5.92 Å². The van der Waals surface area contributed by atoms with Crippen molar-refractivity contribution in [2.75, 3.05) is 0 Å². The van der Waals surface area contributed by atoms with Crippen molar-refractivity contribution in [3.8, 4) is 0 Å². The van der Waals surface area contributed by atoms with E-state index in [2.05, 4.69) is 13.3 Å². The molecule has 1 nitrogen and oxygen atoms in total. The Morgan fingerprint density at radius 2 is 2.14 bits per heavy atom. The molecule has 0 heterocycles. The highest BCUT2D eigenvalue weighted by Gasteiger charge is 2.24. The van der Waals surface area contributed by atoms with Crippen LogP contribution in [-0.2, 0) is 0 Å². The third-order valence-electron chi connectivity index (χ3n) is 1.62. The van der Waals surface area contributed by atoms with Crippen molar-refractivity contribution in [3.63, 3.8) is 0 Å². The fraction of sp³-hybridized carbons (Fsp3) is 0.833. The van der Waals surface area contributed by atoms with E-state index in [-0.39, 0.29) is 6.10 Å². The molecule has 0 atom stereocenters. The van der Waals surface area contributed by atoms with Crippen LogP contribution in [0, 0.1) is 12.3 Å². The van der Waals surface area contributed by atoms with Gasteiger partial charge in [-0.3, -0.25) is 0 Å². The average Bonchev–Trinajstić information content (AvgIpc) is 1.58. The molecule has 1 aliphatic rings. The normalized spacial score (nSPS) is 40.3. The minimum atomic E-state index is 0.0150. The van der Waals surface area contributed by atoms with Crippen LogP contribution in [-0.4, -0.2) is 11.2 Å². The number of aliphatic hydroxyl groups excluding tert-OH is 1. The van der Waals surface area contributed by atoms with Gasteiger partial charge in [-0.1, -0.05) is 6.92 Å². The van der Waals surface area contributed by atoms with Gasteiger partial charge in [-0.05, 0) is 25.2 Å². The van der Waals surface area contributed by atoms with Gasteiger partial charge < -0.3 is 5.11 Å². The summed E-state index contributed by atoms with van der Waals surface area (Å²) in [6, 6.07) is 0. The van der Waals surface area contributed by atoms with Gasteiger partial charge in [0, 0.05) is 0 Å². The minimum Gasteiger partial charge on any atom is -0.393 e. The van der Waals surface area contributed by atoms with Crippen LogP contribution in [0.25, 0.3) is 0 Å². The van der Waals surface area contributed by atoms with Gasteiger partial charge in [0.15, 0.2) is 0 Å². The van der Waals surface area contributed by atoms with E-state index < -0.39 is 0 Å². The SMILES string of the molecule is C[CH]C1CC(O)C1. The van der Waals surface area contributed by atoms with Crippen LogP contribution < -0.4 is 0 Å². The fourth-order valence-corrected chi connectivity index (χ4v) is 0.902. The quantitative estimate of drug-likeness (QED) is 0.519. The largest absolute Gasteiger partial charge is 0.393 e. The predicted molar refractivity (Wildman–Crippen MR) is 28.7 cm³/mol. The average molecular weight is 99.2 g/mol. The molecule has 1 heteroatoms. The Morgan fingerprint density at radius 1 is 1.57 bits per heavy atom. The van der Waals surface area contributed by atoms with Crippen molar-refractivity contribution in [1.82, 2.24) is 0 Å². The maximum absolute atomic E-state index is 8.73. The second-order valence-electron chi connectivity index (χ2n) is 2.22. The summed E-state index contributed by atoms with van der Waals surface area (Å²) in [6.07, 6.45) is 4.17. The van der Waals surface area contributed by atoms with Gasteiger partial charge in [0.05, 0.1) is 6.10 Å². The molecule has 1 rings (SSSR count). The summed E-state index contributed by atoms with van der Waals surface area (Å²) in [5.74, 6) is 0.718. The van der Waals surface area contributed by atoms with Gasteiger partial charge in [0.1, 0.15) is 0 Å². The second kappa shape index (κ2) is 1.83. The molecule has 1 N–H and O–H groups in total. The van der Waals surface area contributed by atoms with Crippen LogP contribution in [0.1, 0.15) is 19.8 Å². The first kappa shape index (κ1) is 5.10. The van der Waals surface area contributed by atoms with E-state index in [1.54, 1.807) is 0 Å². The number of rotatable bonds is 1. The summed E-state index contributed by atoms with van der Waals surface area (Å²) < 4.78 is 0. The Balaban J connectivity index is 2.06. The van der Waals surface area contributed by atoms with E-state index in [1.165, 1.54) is 0 Å². The van der Waals surface area contributed by atoms with Crippen molar-refractivity contribution in [1.29, 1.82) is 0 Å². The molecule has 0 aromatic rings. The third kappa shape index (κ3) is 0.942. The topological polar surface area (TPSA) is 20.2 Å². The second-order valence-corrected chi connectivity index (χ2v) is 2.22. The van der Waals surface area contributed by atoms with Crippen molar-refractivity contribution < 1.29 is 5.11 Å². The molecule has 1 aliphatic carbocycles. The molecule has 1 radical (unpaired) electrons. The lowest BCUT2D eigenvalue weighted by atomic mass is 9.81. The monoisotopic (exact) mass is 99.1 g/mol. The molecule has 0 unspecified atom stereocenters. The molecule has 0 aromatic heterocycles. The Bertz CT molecular complexity index is 55.2. The highest BCUT2D eigenvalue weighted by molar-refractivity contribution is 4.85. The van der Waals surface area contributed by atoms with E-state index in [1.807, 2.05) is 0 Å². The third-order valence-corrected chi connectivity index (χ3v) is 1.62. The number of aliphatic hydroxyl groups is 1. The molecular formula is C6H11O. The van der Waals surface area contributed by atoms with E-state index in [9.17, 15) is 0 Å². The van der Waals surface area contributed by atoms with Crippen LogP contribution in [0.3, 0.4) is 0 Å². The zero-order valence-corrected chi connectivity index (χ0v) is 4.59. The molecule has 0 aliphatic heterocycles. The highest BCUT2D eigenvalue weighted by atomic mass is 16.3. The molecule has 1 saturated carbocycles. The lowest BCUT2D eigenvalue weighted by Crippen LogP contribution is -2.27. The van der Waals surface area contributed by atoms with Gasteiger partial charge in [-0.15, -0.1) is 0 Å². The van der Waals surface area contributed by atoms with E-state index in [0.29, 0.717) is 0 Å². The predicted octanol–water partition coefficient (Wildman–Crippen LogP) is 0.981. The molecule has 41 valence electrons. The van der Waals surface area contributed by atoms with Crippen LogP contribution in [0.4, 0.5) is 0 Å². The lowest BCUT2D eigenvalue weighted by molar-refractivity contribution is 0.0568. The van der Waals surface area contributed by atoms with E-state index in [0.717, 1.165) is 18.8 Å². The Hall–Kier alpha value is -0.0400. The van der Waals surface area contributed by atoms with Gasteiger partial charge in [-0.25, -0.2) is 0 Å². The maximum atomic E-state index is 8.73. The molecule has 1 fully saturated rings. The molecule has 0 amide bonds. The summed E-state index contributed by atoms with van der Waals surface area (Å²) in [7, 11) is 0. The number of hydrogen-bond acceptors (Lipinski definition) is 1. The first-order chi connectivity index (χ1) is 3.33. The summed E-state index contributed by atoms with van der Waals surface area (Å²) in [5.41, 5.74) is 0. The summed E-state index contributed by atoms with van der Waals surface area (Å²) in [6.45, 7) is 2.05. The number of hydrogen-bond donors (Lipinski definition) is 1. The van der Waals surface area contributed by atoms with Gasteiger partial charge >= 0.3 is 0 Å². The van der Waals surface area contributed by atoms with Gasteiger partial charge in [-0.2, -0.15) is 0 Å². The summed E-state index contributed by atoms with van der Waals surface area (Å²) >= 11 is 0. The molecular weight excluding hydrogens is 88.1 g/mol. The molecule has 7 heavy (non-hydrogen) atoms. The Kier molecular flexibility index (Phi) is 1.33. The highest BCUT2D eigenvalue weighted by Crippen LogP contribution is 2.28. The summed E-state index contributed by atoms with van der Waals surface area (Å²) in [4.78, 5) is 0. The van der Waals surface area contributed by atoms with Crippen LogP contribution in [0.5, 0.6) is 0 Å². The molecule has 0 aromatic carbocycles. The van der Waals surface area contributed by atoms with E-state index in [4.69, 9.17) is 5.11 Å².